The lowest BCUT2D eigenvalue weighted by Crippen LogP contribution is -2.24. The van der Waals surface area contributed by atoms with Crippen LogP contribution < -0.4 is 5.32 Å². The molecule has 1 aromatic heterocycles. The Hall–Kier alpha value is -0.670. The third kappa shape index (κ3) is 7.48. The van der Waals surface area contributed by atoms with Crippen LogP contribution in [0.4, 0.5) is 0 Å². The summed E-state index contributed by atoms with van der Waals surface area (Å²) in [6, 6.07) is 0. The SMILES string of the molecule is CC(C)CNCCn1nnnc1SCCS(C)(=O)=O. The van der Waals surface area contributed by atoms with E-state index in [2.05, 4.69) is 34.7 Å². The molecule has 0 aromatic carbocycles. The zero-order valence-corrected chi connectivity index (χ0v) is 13.2. The van der Waals surface area contributed by atoms with Crippen LogP contribution in [0.15, 0.2) is 5.16 Å². The first-order valence-electron chi connectivity index (χ1n) is 6.16. The summed E-state index contributed by atoms with van der Waals surface area (Å²) in [4.78, 5) is 0. The van der Waals surface area contributed by atoms with Crippen LogP contribution in [0.5, 0.6) is 0 Å². The van der Waals surface area contributed by atoms with Crippen LogP contribution in [0.1, 0.15) is 13.8 Å². The van der Waals surface area contributed by atoms with Gasteiger partial charge in [0.15, 0.2) is 0 Å². The van der Waals surface area contributed by atoms with Gasteiger partial charge in [0.1, 0.15) is 9.84 Å². The van der Waals surface area contributed by atoms with Gasteiger partial charge in [0.2, 0.25) is 5.16 Å². The third-order valence-corrected chi connectivity index (χ3v) is 4.40. The van der Waals surface area contributed by atoms with Crippen molar-refractivity contribution in [2.45, 2.75) is 25.5 Å². The van der Waals surface area contributed by atoms with Crippen molar-refractivity contribution in [1.29, 1.82) is 0 Å². The van der Waals surface area contributed by atoms with Gasteiger partial charge in [-0.05, 0) is 22.9 Å². The zero-order valence-electron chi connectivity index (χ0n) is 11.5. The number of hydrogen-bond donors (Lipinski definition) is 1. The average Bonchev–Trinajstić information content (AvgIpc) is 2.70. The third-order valence-electron chi connectivity index (χ3n) is 2.24. The summed E-state index contributed by atoms with van der Waals surface area (Å²) in [5.74, 6) is 1.21. The number of nitrogens with one attached hydrogen (secondary N) is 1. The van der Waals surface area contributed by atoms with E-state index in [0.29, 0.717) is 23.4 Å². The molecule has 0 saturated carbocycles. The predicted molar refractivity (Wildman–Crippen MR) is 76.0 cm³/mol. The highest BCUT2D eigenvalue weighted by molar-refractivity contribution is 8.00. The van der Waals surface area contributed by atoms with Crippen molar-refractivity contribution in [2.24, 2.45) is 5.92 Å². The second-order valence-corrected chi connectivity index (χ2v) is 8.08. The van der Waals surface area contributed by atoms with E-state index in [9.17, 15) is 8.42 Å². The van der Waals surface area contributed by atoms with E-state index in [1.54, 1.807) is 4.68 Å². The van der Waals surface area contributed by atoms with Crippen molar-refractivity contribution < 1.29 is 8.42 Å². The van der Waals surface area contributed by atoms with Crippen LogP contribution in [0.2, 0.25) is 0 Å². The Balaban J connectivity index is 2.34. The molecule has 1 rings (SSSR count). The van der Waals surface area contributed by atoms with Crippen molar-refractivity contribution >= 4 is 21.6 Å². The molecule has 0 bridgehead atoms. The number of hydrogen-bond acceptors (Lipinski definition) is 7. The first-order valence-corrected chi connectivity index (χ1v) is 9.20. The molecular formula is C10H21N5O2S2. The van der Waals surface area contributed by atoms with E-state index in [1.807, 2.05) is 0 Å². The minimum absolute atomic E-state index is 0.135. The average molecular weight is 307 g/mol. The van der Waals surface area contributed by atoms with E-state index in [0.717, 1.165) is 13.1 Å². The minimum atomic E-state index is -2.93. The van der Waals surface area contributed by atoms with Crippen molar-refractivity contribution in [3.8, 4) is 0 Å². The van der Waals surface area contributed by atoms with Crippen LogP contribution in [-0.4, -0.2) is 59.5 Å². The molecule has 7 nitrogen and oxygen atoms in total. The van der Waals surface area contributed by atoms with E-state index in [-0.39, 0.29) is 5.75 Å². The smallest absolute Gasteiger partial charge is 0.209 e. The lowest BCUT2D eigenvalue weighted by atomic mass is 10.2. The van der Waals surface area contributed by atoms with Crippen molar-refractivity contribution in [1.82, 2.24) is 25.5 Å². The fourth-order valence-electron chi connectivity index (χ4n) is 1.30. The minimum Gasteiger partial charge on any atom is -0.315 e. The number of thioether (sulfide) groups is 1. The lowest BCUT2D eigenvalue weighted by Gasteiger charge is -2.07. The van der Waals surface area contributed by atoms with Crippen molar-refractivity contribution in [2.75, 3.05) is 30.9 Å². The van der Waals surface area contributed by atoms with Gasteiger partial charge in [-0.15, -0.1) is 5.10 Å². The molecule has 1 N–H and O–H groups in total. The molecule has 110 valence electrons. The van der Waals surface area contributed by atoms with Gasteiger partial charge in [-0.2, -0.15) is 0 Å². The van der Waals surface area contributed by atoms with Gasteiger partial charge in [0.05, 0.1) is 12.3 Å². The number of sulfone groups is 1. The van der Waals surface area contributed by atoms with Crippen LogP contribution in [0.3, 0.4) is 0 Å². The summed E-state index contributed by atoms with van der Waals surface area (Å²) in [7, 11) is -2.93. The molecule has 0 aliphatic carbocycles. The van der Waals surface area contributed by atoms with Crippen LogP contribution >= 0.6 is 11.8 Å². The van der Waals surface area contributed by atoms with E-state index < -0.39 is 9.84 Å². The second-order valence-electron chi connectivity index (χ2n) is 4.76. The summed E-state index contributed by atoms with van der Waals surface area (Å²) < 4.78 is 23.8. The topological polar surface area (TPSA) is 89.8 Å². The highest BCUT2D eigenvalue weighted by Gasteiger charge is 2.08. The molecule has 19 heavy (non-hydrogen) atoms. The maximum atomic E-state index is 11.0. The van der Waals surface area contributed by atoms with Crippen molar-refractivity contribution in [3.63, 3.8) is 0 Å². The van der Waals surface area contributed by atoms with Gasteiger partial charge in [-0.3, -0.25) is 0 Å². The Labute approximate surface area is 118 Å². The molecule has 1 aromatic rings. The van der Waals surface area contributed by atoms with E-state index >= 15 is 0 Å². The van der Waals surface area contributed by atoms with Crippen molar-refractivity contribution in [3.05, 3.63) is 0 Å². The highest BCUT2D eigenvalue weighted by atomic mass is 32.2. The number of aromatic nitrogens is 4. The Kier molecular flexibility index (Phi) is 6.73. The lowest BCUT2D eigenvalue weighted by molar-refractivity contribution is 0.482. The zero-order chi connectivity index (χ0) is 14.3. The molecule has 1 heterocycles. The van der Waals surface area contributed by atoms with E-state index in [4.69, 9.17) is 0 Å². The standard InChI is InChI=1S/C10H21N5O2S2/c1-9(2)8-11-4-5-15-10(12-13-14-15)18-6-7-19(3,16)17/h9,11H,4-8H2,1-3H3. The summed E-state index contributed by atoms with van der Waals surface area (Å²) >= 11 is 1.36. The monoisotopic (exact) mass is 307 g/mol. The number of rotatable bonds is 9. The summed E-state index contributed by atoms with van der Waals surface area (Å²) in [5, 5.41) is 15.4. The van der Waals surface area contributed by atoms with Gasteiger partial charge < -0.3 is 5.32 Å². The fraction of sp³-hybridized carbons (Fsp3) is 0.900. The fourth-order valence-corrected chi connectivity index (χ4v) is 3.40. The molecule has 0 aliphatic rings. The normalized spacial score (nSPS) is 12.2. The molecule has 0 aliphatic heterocycles. The quantitative estimate of drug-likeness (QED) is 0.509. The van der Waals surface area contributed by atoms with Gasteiger partial charge >= 0.3 is 0 Å². The molecule has 0 amide bonds. The van der Waals surface area contributed by atoms with Gasteiger partial charge in [0.25, 0.3) is 0 Å². The molecule has 0 fully saturated rings. The largest absolute Gasteiger partial charge is 0.315 e. The number of nitrogens with zero attached hydrogens (tertiary/aromatic N) is 4. The van der Waals surface area contributed by atoms with Gasteiger partial charge in [-0.1, -0.05) is 25.6 Å². The second kappa shape index (κ2) is 7.81. The summed E-state index contributed by atoms with van der Waals surface area (Å²) in [6.45, 7) is 6.73. The van der Waals surface area contributed by atoms with Crippen LogP contribution in [0, 0.1) is 5.92 Å². The predicted octanol–water partition coefficient (Wildman–Crippen LogP) is 0.0554. The molecule has 0 saturated heterocycles. The maximum absolute atomic E-state index is 11.0. The first-order chi connectivity index (χ1) is 8.88. The Bertz CT molecular complexity index is 472. The molecular weight excluding hydrogens is 286 g/mol. The summed E-state index contributed by atoms with van der Waals surface area (Å²) in [5.41, 5.74) is 0. The highest BCUT2D eigenvalue weighted by Crippen LogP contribution is 2.13. The first kappa shape index (κ1) is 16.4. The molecule has 0 spiro atoms. The molecule has 9 heteroatoms. The maximum Gasteiger partial charge on any atom is 0.209 e. The molecule has 0 unspecified atom stereocenters. The Morgan fingerprint density at radius 2 is 2.16 bits per heavy atom. The van der Waals surface area contributed by atoms with Crippen LogP contribution in [-0.2, 0) is 16.4 Å². The Morgan fingerprint density at radius 1 is 1.42 bits per heavy atom. The van der Waals surface area contributed by atoms with Gasteiger partial charge in [0, 0.05) is 18.6 Å². The Morgan fingerprint density at radius 3 is 2.79 bits per heavy atom. The van der Waals surface area contributed by atoms with E-state index in [1.165, 1.54) is 18.0 Å². The molecule has 0 atom stereocenters. The van der Waals surface area contributed by atoms with Gasteiger partial charge in [-0.25, -0.2) is 13.1 Å². The summed E-state index contributed by atoms with van der Waals surface area (Å²) in [6.07, 6.45) is 1.23. The molecule has 0 radical (unpaired) electrons. The number of tetrazole rings is 1. The van der Waals surface area contributed by atoms with Crippen LogP contribution in [0.25, 0.3) is 0 Å².